The van der Waals surface area contributed by atoms with E-state index in [-0.39, 0.29) is 51.4 Å². The molecule has 0 bridgehead atoms. The fraction of sp³-hybridized carbons (Fsp3) is 0.477. The van der Waals surface area contributed by atoms with Crippen LogP contribution in [0.25, 0.3) is 0 Å². The fourth-order valence-corrected chi connectivity index (χ4v) is 6.47. The molecule has 0 spiro atoms. The Labute approximate surface area is 374 Å². The molecule has 8 atom stereocenters. The van der Waals surface area contributed by atoms with Crippen LogP contribution in [0.4, 0.5) is 0 Å². The summed E-state index contributed by atoms with van der Waals surface area (Å²) in [5.41, 5.74) is 19.2. The number of rotatable bonds is 13. The summed E-state index contributed by atoms with van der Waals surface area (Å²) >= 11 is 24.4. The third-order valence-corrected chi connectivity index (χ3v) is 9.74. The van der Waals surface area contributed by atoms with Gasteiger partial charge in [-0.3, -0.25) is 24.0 Å². The number of benzene rings is 3. The van der Waals surface area contributed by atoms with Crippen LogP contribution in [0.15, 0.2) is 91.0 Å². The zero-order chi connectivity index (χ0) is 44.7. The monoisotopic (exact) mass is 914 g/mol. The Morgan fingerprint density at radius 1 is 0.610 bits per heavy atom. The summed E-state index contributed by atoms with van der Waals surface area (Å²) in [4.78, 5) is 55.2. The lowest BCUT2D eigenvalue weighted by atomic mass is 10.0. The Morgan fingerprint density at radius 2 is 0.949 bits per heavy atom. The molecule has 3 unspecified atom stereocenters. The summed E-state index contributed by atoms with van der Waals surface area (Å²) in [5, 5.41) is 11.7. The molecule has 0 aliphatic heterocycles. The highest BCUT2D eigenvalue weighted by Crippen LogP contribution is 2.49. The average molecular weight is 917 g/mol. The van der Waals surface area contributed by atoms with Crippen molar-refractivity contribution in [3.8, 4) is 0 Å². The van der Waals surface area contributed by atoms with Gasteiger partial charge in [-0.1, -0.05) is 119 Å². The highest BCUT2D eigenvalue weighted by atomic mass is 35.5. The van der Waals surface area contributed by atoms with Gasteiger partial charge in [0.15, 0.2) is 0 Å². The van der Waals surface area contributed by atoms with Crippen LogP contribution in [0.2, 0.25) is 0 Å². The molecule has 8 N–H and O–H groups in total. The lowest BCUT2D eigenvalue weighted by molar-refractivity contribution is -0.138. The molecule has 59 heavy (non-hydrogen) atoms. The Balaban J connectivity index is 0.000000390. The first kappa shape index (κ1) is 53.6. The molecule has 0 aromatic heterocycles. The lowest BCUT2D eigenvalue weighted by Gasteiger charge is -2.17. The molecule has 3 amide bonds. The Kier molecular flexibility index (Phi) is 26.3. The summed E-state index contributed by atoms with van der Waals surface area (Å²) in [6.07, 6.45) is 3.84. The second-order valence-corrected chi connectivity index (χ2v) is 17.1. The quantitative estimate of drug-likeness (QED) is 0.0834. The molecular formula is C44H59Cl5N4O6. The first-order valence-electron chi connectivity index (χ1n) is 19.4. The van der Waals surface area contributed by atoms with Crippen molar-refractivity contribution in [2.45, 2.75) is 89.6 Å². The van der Waals surface area contributed by atoms with Crippen molar-refractivity contribution < 1.29 is 29.1 Å². The van der Waals surface area contributed by atoms with Crippen LogP contribution >= 0.6 is 58.0 Å². The van der Waals surface area contributed by atoms with E-state index in [1.807, 2.05) is 119 Å². The molecule has 0 saturated heterocycles. The van der Waals surface area contributed by atoms with Gasteiger partial charge < -0.3 is 27.6 Å². The summed E-state index contributed by atoms with van der Waals surface area (Å²) in [5.74, 6) is 0.0285. The standard InChI is InChI=1S/C16H22N2O2.C10H9ClO.C10H10O2.C6H14N2O.2CH2Cl2/c1-10(2)8-14(15(17)19)18-16(20)13-9-12(13)11-6-4-3-5-7-11;2*11-10(12)9-6-8(9)7-4-2-1-3-5-7;1-4(2)3-5(7)6(8)9;2*2-1-3/h3-7,10,12-14H,8-9H2,1-2H3,(H2,17,19)(H,18,20);1-5,8-9H,6H2;1-5,8-9H,6H2,(H,11,12);4-5H,3,7H2,1-2H3,(H2,8,9);2*1H2/t12?,13-,14+;2*8?,9-;5-;;/m1110../s1. The molecule has 3 aromatic rings. The number of nitrogens with one attached hydrogen (secondary N) is 1. The van der Waals surface area contributed by atoms with Gasteiger partial charge >= 0.3 is 5.97 Å². The molecule has 3 aromatic carbocycles. The zero-order valence-corrected chi connectivity index (χ0v) is 37.8. The van der Waals surface area contributed by atoms with Crippen LogP contribution in [-0.4, -0.2) is 56.8 Å². The van der Waals surface area contributed by atoms with Crippen molar-refractivity contribution >= 4 is 86.9 Å². The number of carboxylic acids is 1. The van der Waals surface area contributed by atoms with Crippen molar-refractivity contribution in [1.29, 1.82) is 0 Å². The van der Waals surface area contributed by atoms with Gasteiger partial charge in [-0.25, -0.2) is 0 Å². The van der Waals surface area contributed by atoms with E-state index in [4.69, 9.17) is 80.3 Å². The highest BCUT2D eigenvalue weighted by molar-refractivity contribution is 6.64. The van der Waals surface area contributed by atoms with Gasteiger partial charge in [0.25, 0.3) is 0 Å². The maximum atomic E-state index is 12.2. The Bertz CT molecular complexity index is 1630. The Hall–Kier alpha value is -3.38. The number of alkyl halides is 4. The number of nitrogens with two attached hydrogens (primary N) is 3. The van der Waals surface area contributed by atoms with Crippen LogP contribution in [0.1, 0.15) is 94.2 Å². The number of carbonyl (C=O) groups is 5. The van der Waals surface area contributed by atoms with Gasteiger partial charge in [-0.2, -0.15) is 0 Å². The van der Waals surface area contributed by atoms with E-state index in [2.05, 4.69) is 5.32 Å². The number of aliphatic carboxylic acids is 1. The van der Waals surface area contributed by atoms with Crippen molar-refractivity contribution in [3.05, 3.63) is 108 Å². The maximum Gasteiger partial charge on any atom is 0.307 e. The molecule has 3 fully saturated rings. The molecule has 0 radical (unpaired) electrons. The van der Waals surface area contributed by atoms with E-state index in [9.17, 15) is 24.0 Å². The summed E-state index contributed by atoms with van der Waals surface area (Å²) in [6.45, 7) is 8.02. The Morgan fingerprint density at radius 3 is 1.22 bits per heavy atom. The minimum Gasteiger partial charge on any atom is -0.481 e. The molecular weight excluding hydrogens is 858 g/mol. The number of carbonyl (C=O) groups excluding carboxylic acids is 4. The second kappa shape index (κ2) is 29.0. The van der Waals surface area contributed by atoms with Gasteiger partial charge in [0.1, 0.15) is 6.04 Å². The first-order chi connectivity index (χ1) is 27.9. The second-order valence-electron chi connectivity index (χ2n) is 15.2. The van der Waals surface area contributed by atoms with Crippen LogP contribution in [0, 0.1) is 29.6 Å². The first-order valence-corrected chi connectivity index (χ1v) is 21.9. The van der Waals surface area contributed by atoms with Gasteiger partial charge in [0.05, 0.1) is 22.6 Å². The van der Waals surface area contributed by atoms with E-state index in [0.29, 0.717) is 30.6 Å². The summed E-state index contributed by atoms with van der Waals surface area (Å²) in [6, 6.07) is 28.9. The molecule has 10 nitrogen and oxygen atoms in total. The third-order valence-electron chi connectivity index (χ3n) is 9.46. The SMILES string of the molecule is CC(C)C[C@H](N)C(N)=O.CC(C)C[C@H](NC(=O)[C@@H]1CC1c1ccccc1)C(N)=O.ClCCl.ClCCl.O=C(Cl)[C@@H]1CC1c1ccccc1.O=C(O)[C@@H]1CC1c1ccccc1. The van der Waals surface area contributed by atoms with Crippen LogP contribution in [0.5, 0.6) is 0 Å². The van der Waals surface area contributed by atoms with E-state index in [0.717, 1.165) is 24.8 Å². The average Bonchev–Trinajstić information content (AvgIpc) is 4.06. The number of primary amides is 2. The highest BCUT2D eigenvalue weighted by Gasteiger charge is 2.45. The van der Waals surface area contributed by atoms with Crippen LogP contribution in [-0.2, 0) is 24.0 Å². The van der Waals surface area contributed by atoms with Crippen molar-refractivity contribution in [1.82, 2.24) is 5.32 Å². The predicted octanol–water partition coefficient (Wildman–Crippen LogP) is 8.92. The van der Waals surface area contributed by atoms with Gasteiger partial charge in [0, 0.05) is 11.8 Å². The topological polar surface area (TPSA) is 196 Å². The minimum atomic E-state index is -0.663. The number of hydrogen-bond donors (Lipinski definition) is 5. The molecule has 326 valence electrons. The van der Waals surface area contributed by atoms with Gasteiger partial charge in [0.2, 0.25) is 23.0 Å². The molecule has 15 heteroatoms. The molecule has 3 saturated carbocycles. The van der Waals surface area contributed by atoms with Crippen LogP contribution in [0.3, 0.4) is 0 Å². The largest absolute Gasteiger partial charge is 0.481 e. The molecule has 3 aliphatic carbocycles. The van der Waals surface area contributed by atoms with E-state index in [1.54, 1.807) is 0 Å². The normalized spacial score (nSPS) is 21.2. The molecule has 3 aliphatic rings. The zero-order valence-electron chi connectivity index (χ0n) is 34.0. The van der Waals surface area contributed by atoms with Crippen molar-refractivity contribution in [2.24, 2.45) is 46.8 Å². The van der Waals surface area contributed by atoms with E-state index >= 15 is 0 Å². The minimum absolute atomic E-state index is 0.0218. The third kappa shape index (κ3) is 22.2. The fourth-order valence-electron chi connectivity index (χ4n) is 6.22. The number of amides is 3. The van der Waals surface area contributed by atoms with E-state index in [1.165, 1.54) is 11.1 Å². The predicted molar refractivity (Wildman–Crippen MR) is 241 cm³/mol. The van der Waals surface area contributed by atoms with Crippen molar-refractivity contribution in [3.63, 3.8) is 0 Å². The number of hydrogen-bond acceptors (Lipinski definition) is 6. The smallest absolute Gasteiger partial charge is 0.307 e. The van der Waals surface area contributed by atoms with Crippen LogP contribution < -0.4 is 22.5 Å². The number of carboxylic acid groups (broad SMARTS) is 1. The van der Waals surface area contributed by atoms with Gasteiger partial charge in [-0.05, 0) is 90.0 Å². The van der Waals surface area contributed by atoms with Crippen molar-refractivity contribution in [2.75, 3.05) is 10.7 Å². The van der Waals surface area contributed by atoms with Gasteiger partial charge in [-0.15, -0.1) is 46.4 Å². The lowest BCUT2D eigenvalue weighted by Crippen LogP contribution is -2.45. The number of halogens is 5. The summed E-state index contributed by atoms with van der Waals surface area (Å²) in [7, 11) is 0. The summed E-state index contributed by atoms with van der Waals surface area (Å²) < 4.78 is 0. The molecule has 6 rings (SSSR count). The van der Waals surface area contributed by atoms with E-state index < -0.39 is 29.9 Å². The molecule has 0 heterocycles. The maximum absolute atomic E-state index is 12.2.